The Balaban J connectivity index is 1.38. The van der Waals surface area contributed by atoms with Crippen molar-refractivity contribution in [1.82, 2.24) is 19.7 Å². The summed E-state index contributed by atoms with van der Waals surface area (Å²) in [4.78, 5) is 33.9. The molecule has 0 unspecified atom stereocenters. The minimum absolute atomic E-state index is 0.0490. The van der Waals surface area contributed by atoms with Gasteiger partial charge in [0.25, 0.3) is 11.8 Å². The van der Waals surface area contributed by atoms with Gasteiger partial charge in [-0.3, -0.25) is 14.5 Å². The van der Waals surface area contributed by atoms with Crippen LogP contribution in [0.5, 0.6) is 11.5 Å². The summed E-state index contributed by atoms with van der Waals surface area (Å²) in [6.07, 6.45) is 1.82. The molecule has 7 rings (SSSR count). The topological polar surface area (TPSA) is 130 Å². The number of phenols is 1. The van der Waals surface area contributed by atoms with Gasteiger partial charge in [0.2, 0.25) is 0 Å². The van der Waals surface area contributed by atoms with Crippen molar-refractivity contribution in [1.29, 1.82) is 0 Å². The predicted molar refractivity (Wildman–Crippen MR) is 216 cm³/mol. The zero-order valence-corrected chi connectivity index (χ0v) is 33.3. The minimum Gasteiger partial charge on any atom is -0.508 e. The molecule has 0 bridgehead atoms. The number of nitrogens with zero attached hydrogens (tertiary/aromatic N) is 3. The number of rotatable bonds is 10. The number of benzene rings is 4. The Morgan fingerprint density at radius 2 is 1.66 bits per heavy atom. The summed E-state index contributed by atoms with van der Waals surface area (Å²) < 4.78 is 39.3. The highest BCUT2D eigenvalue weighted by Crippen LogP contribution is 2.42. The number of methoxy groups -OCH3 is 1. The van der Waals surface area contributed by atoms with Crippen LogP contribution in [-0.2, 0) is 41.1 Å². The van der Waals surface area contributed by atoms with Crippen LogP contribution in [0, 0.1) is 13.8 Å². The summed E-state index contributed by atoms with van der Waals surface area (Å²) >= 11 is 0. The van der Waals surface area contributed by atoms with Crippen LogP contribution in [0.2, 0.25) is 0 Å². The van der Waals surface area contributed by atoms with Gasteiger partial charge in [-0.15, -0.1) is 0 Å². The maximum atomic E-state index is 15.2. The lowest BCUT2D eigenvalue weighted by Gasteiger charge is -2.40. The zero-order chi connectivity index (χ0) is 39.7. The van der Waals surface area contributed by atoms with Gasteiger partial charge >= 0.3 is 0 Å². The number of hydrogen-bond donors (Lipinski definition) is 2. The van der Waals surface area contributed by atoms with E-state index >= 15 is 4.79 Å². The molecule has 292 valence electrons. The first kappa shape index (κ1) is 38.8. The molecule has 1 atom stereocenters. The largest absolute Gasteiger partial charge is 0.508 e. The molecule has 4 aromatic carbocycles. The summed E-state index contributed by atoms with van der Waals surface area (Å²) in [5.41, 5.74) is 7.40. The summed E-state index contributed by atoms with van der Waals surface area (Å²) in [6, 6.07) is 24.9. The number of hydrogen-bond acceptors (Lipinski definition) is 8. The van der Waals surface area contributed by atoms with Gasteiger partial charge in [-0.25, -0.2) is 8.42 Å². The van der Waals surface area contributed by atoms with Crippen LogP contribution in [-0.4, -0.2) is 92.0 Å². The molecule has 0 radical (unpaired) electrons. The van der Waals surface area contributed by atoms with E-state index in [2.05, 4.69) is 22.3 Å². The normalized spacial score (nSPS) is 16.0. The Labute approximate surface area is 328 Å². The minimum atomic E-state index is -3.71. The quantitative estimate of drug-likeness (QED) is 0.179. The van der Waals surface area contributed by atoms with Crippen LogP contribution in [0.25, 0.3) is 22.4 Å². The Bertz CT molecular complexity index is 2400. The summed E-state index contributed by atoms with van der Waals surface area (Å²) in [5, 5.41) is 13.4. The molecule has 1 saturated heterocycles. The van der Waals surface area contributed by atoms with Crippen molar-refractivity contribution in [2.75, 3.05) is 46.2 Å². The molecule has 5 aromatic rings. The maximum Gasteiger partial charge on any atom is 0.255 e. The van der Waals surface area contributed by atoms with Crippen molar-refractivity contribution in [3.05, 3.63) is 124 Å². The number of amides is 2. The van der Waals surface area contributed by atoms with Crippen LogP contribution < -0.4 is 10.1 Å². The summed E-state index contributed by atoms with van der Waals surface area (Å²) in [7, 11) is -0.287. The fourth-order valence-corrected chi connectivity index (χ4v) is 8.65. The van der Waals surface area contributed by atoms with Crippen LogP contribution >= 0.6 is 0 Å². The lowest BCUT2D eigenvalue weighted by molar-refractivity contribution is 0.0193. The molecular formula is C44H48N4O7S. The third kappa shape index (κ3) is 7.69. The molecule has 2 N–H and O–H groups in total. The lowest BCUT2D eigenvalue weighted by atomic mass is 9.91. The molecular weight excluding hydrogens is 729 g/mol. The molecule has 0 saturated carbocycles. The number of carbonyl (C=O) groups excluding carboxylic acids is 2. The Morgan fingerprint density at radius 3 is 2.36 bits per heavy atom. The van der Waals surface area contributed by atoms with Gasteiger partial charge in [-0.1, -0.05) is 48.5 Å². The van der Waals surface area contributed by atoms with E-state index in [9.17, 15) is 18.3 Å². The number of phenolic OH excluding ortho intramolecular Hbond substituents is 1. The van der Waals surface area contributed by atoms with Crippen molar-refractivity contribution in [3.63, 3.8) is 0 Å². The second-order valence-electron chi connectivity index (χ2n) is 14.7. The van der Waals surface area contributed by atoms with Crippen molar-refractivity contribution in [3.8, 4) is 33.9 Å². The van der Waals surface area contributed by atoms with Crippen LogP contribution in [0.4, 0.5) is 0 Å². The fraction of sp³-hybridized carbons (Fsp3) is 0.318. The van der Waals surface area contributed by atoms with Gasteiger partial charge in [0, 0.05) is 74.5 Å². The van der Waals surface area contributed by atoms with Crippen molar-refractivity contribution in [2.24, 2.45) is 7.05 Å². The number of morpholine rings is 1. The third-order valence-electron chi connectivity index (χ3n) is 11.2. The van der Waals surface area contributed by atoms with Crippen molar-refractivity contribution < 1.29 is 32.6 Å². The molecule has 2 aliphatic rings. The Kier molecular flexibility index (Phi) is 11.1. The van der Waals surface area contributed by atoms with Gasteiger partial charge in [0.15, 0.2) is 9.84 Å². The monoisotopic (exact) mass is 776 g/mol. The van der Waals surface area contributed by atoms with Gasteiger partial charge in [0.05, 0.1) is 36.5 Å². The maximum absolute atomic E-state index is 15.2. The average Bonchev–Trinajstić information content (AvgIpc) is 3.46. The molecule has 1 aromatic heterocycles. The van der Waals surface area contributed by atoms with E-state index in [1.54, 1.807) is 43.5 Å². The molecule has 2 amide bonds. The van der Waals surface area contributed by atoms with E-state index in [1.807, 2.05) is 60.7 Å². The first-order valence-corrected chi connectivity index (χ1v) is 20.7. The number of ether oxygens (including phenoxy) is 2. The smallest absolute Gasteiger partial charge is 0.255 e. The highest BCUT2D eigenvalue weighted by Gasteiger charge is 2.35. The zero-order valence-electron chi connectivity index (χ0n) is 32.5. The SMILES string of the molecule is COc1cccc(CNC(=O)c2c(-c3ccc(O)cc3)c(-c3cc(S(C)(=O)=O)ccc3C(=O)N3Cc4ccccc4C[C@H]3CN3CCOCC3)n(C)c2C)c1C. The standard InChI is InChI=1S/C44H48N4O7S/c1-28-32(11-8-12-39(28)54-4)25-45-43(50)40-29(2)46(3)42(41(40)30-13-15-35(49)16-14-30)38-24-36(56(5,52)53)17-18-37(38)44(51)48-26-33-10-7-6-9-31(33)23-34(48)27-47-19-21-55-22-20-47/h6-18,24,34,49H,19-23,25-27H2,1-5H3,(H,45,50)/t34-/m0/s1. The molecule has 0 aliphatic carbocycles. The molecule has 12 heteroatoms. The fourth-order valence-electron chi connectivity index (χ4n) is 8.00. The molecule has 56 heavy (non-hydrogen) atoms. The van der Waals surface area contributed by atoms with Gasteiger partial charge in [-0.05, 0) is 84.5 Å². The molecule has 2 aliphatic heterocycles. The second kappa shape index (κ2) is 16.0. The highest BCUT2D eigenvalue weighted by molar-refractivity contribution is 7.90. The summed E-state index contributed by atoms with van der Waals surface area (Å²) in [5.74, 6) is 0.184. The molecule has 0 spiro atoms. The first-order chi connectivity index (χ1) is 26.8. The molecule has 11 nitrogen and oxygen atoms in total. The van der Waals surface area contributed by atoms with Crippen LogP contribution in [0.15, 0.2) is 89.8 Å². The third-order valence-corrected chi connectivity index (χ3v) is 12.3. The molecule has 3 heterocycles. The average molecular weight is 777 g/mol. The molecule has 1 fully saturated rings. The lowest BCUT2D eigenvalue weighted by Crippen LogP contribution is -2.52. The number of aromatic hydroxyl groups is 1. The number of carbonyl (C=O) groups is 2. The van der Waals surface area contributed by atoms with E-state index in [1.165, 1.54) is 11.6 Å². The van der Waals surface area contributed by atoms with Crippen molar-refractivity contribution in [2.45, 2.75) is 44.3 Å². The van der Waals surface area contributed by atoms with Gasteiger partial charge in [-0.2, -0.15) is 0 Å². The Morgan fingerprint density at radius 1 is 0.946 bits per heavy atom. The van der Waals surface area contributed by atoms with Crippen LogP contribution in [0.3, 0.4) is 0 Å². The number of aromatic nitrogens is 1. The number of sulfone groups is 1. The number of nitrogens with one attached hydrogen (secondary N) is 1. The van der Waals surface area contributed by atoms with Gasteiger partial charge in [0.1, 0.15) is 11.5 Å². The van der Waals surface area contributed by atoms with E-state index in [0.717, 1.165) is 36.0 Å². The Hall–Kier alpha value is -5.43. The van der Waals surface area contributed by atoms with Crippen LogP contribution in [0.1, 0.15) is 48.7 Å². The number of fused-ring (bicyclic) bond motifs is 1. The van der Waals surface area contributed by atoms with E-state index in [-0.39, 0.29) is 35.0 Å². The first-order valence-electron chi connectivity index (χ1n) is 18.8. The van der Waals surface area contributed by atoms with Crippen molar-refractivity contribution >= 4 is 21.7 Å². The van der Waals surface area contributed by atoms with Gasteiger partial charge < -0.3 is 29.4 Å². The van der Waals surface area contributed by atoms with E-state index in [0.29, 0.717) is 77.7 Å². The highest BCUT2D eigenvalue weighted by atomic mass is 32.2. The van der Waals surface area contributed by atoms with E-state index < -0.39 is 9.84 Å². The predicted octanol–water partition coefficient (Wildman–Crippen LogP) is 5.92. The van der Waals surface area contributed by atoms with E-state index in [4.69, 9.17) is 9.47 Å². The summed E-state index contributed by atoms with van der Waals surface area (Å²) in [6.45, 7) is 7.88. The second-order valence-corrected chi connectivity index (χ2v) is 16.7.